The van der Waals surface area contributed by atoms with Crippen LogP contribution in [0.25, 0.3) is 0 Å². The zero-order chi connectivity index (χ0) is 20.6. The number of thioether (sulfide) groups is 1. The smallest absolute Gasteiger partial charge is 0.158 e. The number of hydrogen-bond donors (Lipinski definition) is 1. The van der Waals surface area contributed by atoms with Gasteiger partial charge in [-0.15, -0.1) is 11.8 Å². The van der Waals surface area contributed by atoms with Crippen LogP contribution in [0.4, 0.5) is 0 Å². The van der Waals surface area contributed by atoms with Gasteiger partial charge in [0.15, 0.2) is 6.29 Å². The first kappa shape index (κ1) is 24.0. The zero-order valence-corrected chi connectivity index (χ0v) is 18.4. The van der Waals surface area contributed by atoms with E-state index in [1.807, 2.05) is 24.3 Å². The van der Waals surface area contributed by atoms with Gasteiger partial charge in [-0.2, -0.15) is 0 Å². The van der Waals surface area contributed by atoms with Crippen LogP contribution in [0.1, 0.15) is 58.4 Å². The Hall–Kier alpha value is -2.00. The van der Waals surface area contributed by atoms with Gasteiger partial charge in [0.25, 0.3) is 0 Å². The van der Waals surface area contributed by atoms with Crippen molar-refractivity contribution in [2.75, 3.05) is 0 Å². The second-order valence-electron chi connectivity index (χ2n) is 6.61. The summed E-state index contributed by atoms with van der Waals surface area (Å²) in [6.07, 6.45) is 14.5. The highest BCUT2D eigenvalue weighted by Crippen LogP contribution is 2.32. The molecule has 0 bridgehead atoms. The first-order valence-corrected chi connectivity index (χ1v) is 11.2. The fourth-order valence-electron chi connectivity index (χ4n) is 2.86. The van der Waals surface area contributed by atoms with Crippen molar-refractivity contribution in [3.63, 3.8) is 0 Å². The van der Waals surface area contributed by atoms with Crippen LogP contribution in [0.5, 0.6) is 0 Å². The van der Waals surface area contributed by atoms with Gasteiger partial charge in [-0.25, -0.2) is 0 Å². The number of nitrogens with one attached hydrogen (secondary N) is 1. The van der Waals surface area contributed by atoms with Crippen molar-refractivity contribution < 1.29 is 4.79 Å². The van der Waals surface area contributed by atoms with E-state index >= 15 is 0 Å². The molecule has 0 saturated heterocycles. The van der Waals surface area contributed by atoms with Crippen molar-refractivity contribution in [1.82, 2.24) is 5.32 Å². The molecular formula is C25H35NOS. The lowest BCUT2D eigenvalue weighted by Crippen LogP contribution is -2.16. The molecule has 1 atom stereocenters. The van der Waals surface area contributed by atoms with Crippen LogP contribution >= 0.6 is 11.8 Å². The minimum Gasteiger partial charge on any atom is -0.383 e. The Morgan fingerprint density at radius 2 is 1.96 bits per heavy atom. The van der Waals surface area contributed by atoms with E-state index in [2.05, 4.69) is 57.0 Å². The molecule has 1 aromatic rings. The van der Waals surface area contributed by atoms with Crippen molar-refractivity contribution >= 4 is 18.0 Å². The number of hydrogen-bond acceptors (Lipinski definition) is 3. The van der Waals surface area contributed by atoms with Crippen LogP contribution in [0.2, 0.25) is 0 Å². The maximum Gasteiger partial charge on any atom is 0.158 e. The van der Waals surface area contributed by atoms with Crippen LogP contribution < -0.4 is 5.32 Å². The first-order chi connectivity index (χ1) is 13.7. The molecule has 0 aliphatic rings. The SMILES string of the molecule is C=C/C=C\C(=C/CCCC)C(CC)S/C(C=O)=C(\CC)NCc1ccccc1. The Labute approximate surface area is 175 Å². The third-order valence-electron chi connectivity index (χ3n) is 4.48. The number of carbonyl (C=O) groups is 1. The number of unbranched alkanes of at least 4 members (excludes halogenated alkanes) is 2. The molecule has 152 valence electrons. The number of rotatable bonds is 14. The number of aldehydes is 1. The normalized spacial score (nSPS) is 13.9. The third kappa shape index (κ3) is 8.79. The molecule has 0 aliphatic heterocycles. The average molecular weight is 398 g/mol. The van der Waals surface area contributed by atoms with Crippen molar-refractivity contribution in [1.29, 1.82) is 0 Å². The molecule has 0 saturated carbocycles. The molecule has 1 N–H and O–H groups in total. The van der Waals surface area contributed by atoms with Gasteiger partial charge in [0, 0.05) is 17.5 Å². The average Bonchev–Trinajstić information content (AvgIpc) is 2.74. The van der Waals surface area contributed by atoms with Crippen LogP contribution in [0.15, 0.2) is 77.4 Å². The minimum absolute atomic E-state index is 0.258. The van der Waals surface area contributed by atoms with Crippen LogP contribution in [0.3, 0.4) is 0 Å². The third-order valence-corrected chi connectivity index (χ3v) is 5.97. The first-order valence-electron chi connectivity index (χ1n) is 10.3. The summed E-state index contributed by atoms with van der Waals surface area (Å²) in [7, 11) is 0. The maximum absolute atomic E-state index is 11.9. The van der Waals surface area contributed by atoms with E-state index < -0.39 is 0 Å². The van der Waals surface area contributed by atoms with Gasteiger partial charge in [0.2, 0.25) is 0 Å². The van der Waals surface area contributed by atoms with Gasteiger partial charge in [0.1, 0.15) is 0 Å². The Kier molecular flexibility index (Phi) is 12.9. The molecule has 0 heterocycles. The standard InChI is InChI=1S/C25H35NOS/c1-5-9-12-18-22(17-10-6-2)24(8-4)28-25(20-27)23(7-3)26-19-21-15-13-11-14-16-21/h6,10-11,13-18,20,24,26H,2,5,7-9,12,19H2,1,3-4H3/b17-10-,22-18+,25-23+. The summed E-state index contributed by atoms with van der Waals surface area (Å²) in [6.45, 7) is 11.0. The van der Waals surface area contributed by atoms with Gasteiger partial charge >= 0.3 is 0 Å². The number of carbonyl (C=O) groups excluding carboxylic acids is 1. The van der Waals surface area contributed by atoms with Gasteiger partial charge in [-0.05, 0) is 30.4 Å². The van der Waals surface area contributed by atoms with Gasteiger partial charge in [-0.1, -0.05) is 94.8 Å². The fourth-order valence-corrected chi connectivity index (χ4v) is 4.06. The highest BCUT2D eigenvalue weighted by Gasteiger charge is 2.16. The van der Waals surface area contributed by atoms with E-state index in [9.17, 15) is 4.79 Å². The summed E-state index contributed by atoms with van der Waals surface area (Å²) in [5.41, 5.74) is 3.51. The predicted octanol–water partition coefficient (Wildman–Crippen LogP) is 6.97. The molecule has 1 aromatic carbocycles. The molecule has 28 heavy (non-hydrogen) atoms. The molecule has 3 heteroatoms. The maximum atomic E-state index is 11.9. The number of allylic oxidation sites excluding steroid dienone is 6. The van der Waals surface area contributed by atoms with E-state index in [4.69, 9.17) is 0 Å². The fraction of sp³-hybridized carbons (Fsp3) is 0.400. The molecule has 0 aromatic heterocycles. The summed E-state index contributed by atoms with van der Waals surface area (Å²) >= 11 is 1.67. The van der Waals surface area contributed by atoms with Crippen LogP contribution in [-0.2, 0) is 11.3 Å². The van der Waals surface area contributed by atoms with E-state index in [1.165, 1.54) is 24.0 Å². The van der Waals surface area contributed by atoms with E-state index in [-0.39, 0.29) is 5.25 Å². The summed E-state index contributed by atoms with van der Waals surface area (Å²) in [6, 6.07) is 10.3. The van der Waals surface area contributed by atoms with Gasteiger partial charge < -0.3 is 5.32 Å². The number of benzene rings is 1. The largest absolute Gasteiger partial charge is 0.383 e. The van der Waals surface area contributed by atoms with Crippen molar-refractivity contribution in [2.24, 2.45) is 0 Å². The molecule has 1 unspecified atom stereocenters. The second-order valence-corrected chi connectivity index (χ2v) is 7.85. The Balaban J connectivity index is 2.99. The lowest BCUT2D eigenvalue weighted by atomic mass is 10.1. The van der Waals surface area contributed by atoms with Crippen LogP contribution in [-0.4, -0.2) is 11.5 Å². The minimum atomic E-state index is 0.258. The highest BCUT2D eigenvalue weighted by atomic mass is 32.2. The monoisotopic (exact) mass is 397 g/mol. The van der Waals surface area contributed by atoms with Crippen LogP contribution in [0, 0.1) is 0 Å². The van der Waals surface area contributed by atoms with Gasteiger partial charge in [0.05, 0.1) is 4.91 Å². The highest BCUT2D eigenvalue weighted by molar-refractivity contribution is 8.04. The molecule has 2 nitrogen and oxygen atoms in total. The van der Waals surface area contributed by atoms with E-state index in [0.29, 0.717) is 0 Å². The summed E-state index contributed by atoms with van der Waals surface area (Å²) < 4.78 is 0. The topological polar surface area (TPSA) is 29.1 Å². The molecule has 0 fully saturated rings. The quantitative estimate of drug-likeness (QED) is 0.159. The Bertz CT molecular complexity index is 673. The molecular weight excluding hydrogens is 362 g/mol. The Morgan fingerprint density at radius 3 is 2.54 bits per heavy atom. The van der Waals surface area contributed by atoms with Gasteiger partial charge in [-0.3, -0.25) is 4.79 Å². The van der Waals surface area contributed by atoms with E-state index in [0.717, 1.165) is 42.7 Å². The van der Waals surface area contributed by atoms with Crippen molar-refractivity contribution in [3.05, 3.63) is 83.0 Å². The summed E-state index contributed by atoms with van der Waals surface area (Å²) in [4.78, 5) is 12.7. The summed E-state index contributed by atoms with van der Waals surface area (Å²) in [5.74, 6) is 0. The molecule has 0 aliphatic carbocycles. The van der Waals surface area contributed by atoms with E-state index in [1.54, 1.807) is 17.8 Å². The van der Waals surface area contributed by atoms with Crippen molar-refractivity contribution in [2.45, 2.75) is 64.7 Å². The lowest BCUT2D eigenvalue weighted by molar-refractivity contribution is -0.104. The molecule has 0 radical (unpaired) electrons. The molecule has 1 rings (SSSR count). The summed E-state index contributed by atoms with van der Waals surface area (Å²) in [5, 5.41) is 3.73. The lowest BCUT2D eigenvalue weighted by Gasteiger charge is -2.19. The predicted molar refractivity (Wildman–Crippen MR) is 125 cm³/mol. The molecule has 0 amide bonds. The Morgan fingerprint density at radius 1 is 1.21 bits per heavy atom. The second kappa shape index (κ2) is 15.0. The van der Waals surface area contributed by atoms with Crippen molar-refractivity contribution in [3.8, 4) is 0 Å². The molecule has 0 spiro atoms. The zero-order valence-electron chi connectivity index (χ0n) is 17.6.